The van der Waals surface area contributed by atoms with Crippen molar-refractivity contribution in [2.24, 2.45) is 0 Å². The van der Waals surface area contributed by atoms with Gasteiger partial charge in [0.05, 0.1) is 23.8 Å². The number of benzene rings is 3. The first-order chi connectivity index (χ1) is 21.2. The lowest BCUT2D eigenvalue weighted by Gasteiger charge is -2.42. The monoisotopic (exact) mass is 613 g/mol. The number of amides is 1. The lowest BCUT2D eigenvalue weighted by molar-refractivity contribution is -0.0296. The third kappa shape index (κ3) is 6.59. The topological polar surface area (TPSA) is 123 Å². The van der Waals surface area contributed by atoms with E-state index in [-0.39, 0.29) is 22.3 Å². The molecule has 1 fully saturated rings. The maximum absolute atomic E-state index is 13.5. The summed E-state index contributed by atoms with van der Waals surface area (Å²) >= 11 is 0. The van der Waals surface area contributed by atoms with Crippen molar-refractivity contribution in [3.63, 3.8) is 0 Å². The van der Waals surface area contributed by atoms with Crippen LogP contribution in [0.25, 0.3) is 11.3 Å². The number of fused-ring (bicyclic) bond motifs is 4. The quantitative estimate of drug-likeness (QED) is 0.301. The molecule has 1 saturated heterocycles. The van der Waals surface area contributed by atoms with E-state index in [0.717, 1.165) is 28.8 Å². The minimum Gasteiger partial charge on any atom is -0.451 e. The molecular weight excluding hydrogens is 578 g/mol. The van der Waals surface area contributed by atoms with E-state index in [1.54, 1.807) is 18.2 Å². The van der Waals surface area contributed by atoms with Gasteiger partial charge in [-0.1, -0.05) is 54.6 Å². The molecule has 1 amide bonds. The Morgan fingerprint density at radius 3 is 2.41 bits per heavy atom. The maximum Gasteiger partial charge on any atom is 0.264 e. The van der Waals surface area contributed by atoms with E-state index in [4.69, 9.17) is 9.47 Å². The molecule has 2 N–H and O–H groups in total. The van der Waals surface area contributed by atoms with Crippen molar-refractivity contribution in [3.05, 3.63) is 101 Å². The number of carbonyl (C=O) groups excluding carboxylic acids is 1. The number of aromatic nitrogens is 2. The fourth-order valence-corrected chi connectivity index (χ4v) is 6.67. The lowest BCUT2D eigenvalue weighted by Crippen LogP contribution is -2.59. The van der Waals surface area contributed by atoms with Gasteiger partial charge in [-0.15, -0.1) is 0 Å². The van der Waals surface area contributed by atoms with Crippen molar-refractivity contribution in [1.29, 1.82) is 0 Å². The molecule has 1 aromatic heterocycles. The van der Waals surface area contributed by atoms with Crippen molar-refractivity contribution >= 4 is 21.9 Å². The van der Waals surface area contributed by atoms with Crippen molar-refractivity contribution in [2.45, 2.75) is 43.9 Å². The van der Waals surface area contributed by atoms with E-state index < -0.39 is 21.7 Å². The van der Waals surface area contributed by atoms with Crippen LogP contribution in [0.5, 0.6) is 5.88 Å². The van der Waals surface area contributed by atoms with Crippen LogP contribution in [0.1, 0.15) is 39.9 Å². The molecule has 2 aliphatic heterocycles. The van der Waals surface area contributed by atoms with Gasteiger partial charge in [0.2, 0.25) is 11.8 Å². The molecule has 3 aromatic carbocycles. The van der Waals surface area contributed by atoms with Gasteiger partial charge in [-0.25, -0.2) is 18.1 Å². The van der Waals surface area contributed by atoms with Crippen molar-refractivity contribution in [1.82, 2.24) is 20.2 Å². The molecule has 11 heteroatoms. The van der Waals surface area contributed by atoms with Gasteiger partial charge in [-0.05, 0) is 48.7 Å². The Labute approximate surface area is 257 Å². The second-order valence-electron chi connectivity index (χ2n) is 11.2. The number of nitrogens with zero attached hydrogens (tertiary/aromatic N) is 3. The number of rotatable bonds is 6. The lowest BCUT2D eigenvalue weighted by atomic mass is 9.98. The third-order valence-electron chi connectivity index (χ3n) is 8.04. The normalized spacial score (nSPS) is 17.5. The number of sulfonamides is 1. The highest BCUT2D eigenvalue weighted by Crippen LogP contribution is 2.33. The van der Waals surface area contributed by atoms with E-state index in [1.165, 1.54) is 12.1 Å². The third-order valence-corrected chi connectivity index (χ3v) is 9.37. The maximum atomic E-state index is 13.5. The molecule has 1 spiro atoms. The Bertz CT molecular complexity index is 1750. The summed E-state index contributed by atoms with van der Waals surface area (Å²) in [5.74, 6) is -0.369. The molecule has 6 rings (SSSR count). The minimum atomic E-state index is -4.09. The number of aryl methyl sites for hydroxylation is 2. The van der Waals surface area contributed by atoms with Crippen LogP contribution in [-0.4, -0.2) is 61.2 Å². The summed E-state index contributed by atoms with van der Waals surface area (Å²) in [4.78, 5) is 24.8. The van der Waals surface area contributed by atoms with Gasteiger partial charge in [0.25, 0.3) is 15.9 Å². The van der Waals surface area contributed by atoms with Crippen LogP contribution < -0.4 is 14.8 Å². The Balaban J connectivity index is 1.29. The molecule has 0 radical (unpaired) electrons. The van der Waals surface area contributed by atoms with Gasteiger partial charge in [0.1, 0.15) is 0 Å². The summed E-state index contributed by atoms with van der Waals surface area (Å²) in [5.41, 5.74) is 3.60. The SMILES string of the molecule is Cc1cccc(C)c1-c1cc2nc(n1)NS(=O)(=O)c1cccc(c1)C(=O)NC1(CCN(CCOCc3ccccc3)CC1)O2. The molecule has 2 aliphatic rings. The minimum absolute atomic E-state index is 0.0614. The predicted molar refractivity (Wildman–Crippen MR) is 167 cm³/mol. The first-order valence-electron chi connectivity index (χ1n) is 14.6. The van der Waals surface area contributed by atoms with E-state index in [0.29, 0.717) is 44.8 Å². The van der Waals surface area contributed by atoms with Gasteiger partial charge in [-0.2, -0.15) is 4.98 Å². The molecular formula is C33H35N5O5S. The number of hydrogen-bond donors (Lipinski definition) is 2. The highest BCUT2D eigenvalue weighted by molar-refractivity contribution is 7.92. The molecule has 10 nitrogen and oxygen atoms in total. The zero-order valence-electron chi connectivity index (χ0n) is 24.7. The van der Waals surface area contributed by atoms with Crippen LogP contribution in [-0.2, 0) is 21.4 Å². The van der Waals surface area contributed by atoms with Gasteiger partial charge in [0.15, 0.2) is 5.72 Å². The first kappa shape index (κ1) is 29.7. The molecule has 0 aliphatic carbocycles. The number of nitrogens with one attached hydrogen (secondary N) is 2. The molecule has 4 aromatic rings. The molecule has 0 atom stereocenters. The highest BCUT2D eigenvalue weighted by Gasteiger charge is 2.39. The number of ether oxygens (including phenoxy) is 2. The molecule has 0 unspecified atom stereocenters. The van der Waals surface area contributed by atoms with E-state index in [1.807, 2.05) is 62.4 Å². The summed E-state index contributed by atoms with van der Waals surface area (Å²) in [6, 6.07) is 23.6. The molecule has 44 heavy (non-hydrogen) atoms. The Kier molecular flexibility index (Phi) is 8.35. The second kappa shape index (κ2) is 12.4. The highest BCUT2D eigenvalue weighted by atomic mass is 32.2. The van der Waals surface area contributed by atoms with E-state index in [9.17, 15) is 13.2 Å². The summed E-state index contributed by atoms with van der Waals surface area (Å²) in [6.07, 6.45) is 0.974. The van der Waals surface area contributed by atoms with E-state index in [2.05, 4.69) is 24.9 Å². The van der Waals surface area contributed by atoms with Crippen LogP contribution >= 0.6 is 0 Å². The molecule has 228 valence electrons. The van der Waals surface area contributed by atoms with Crippen LogP contribution in [0.4, 0.5) is 5.95 Å². The van der Waals surface area contributed by atoms with Crippen molar-refractivity contribution in [3.8, 4) is 17.1 Å². The van der Waals surface area contributed by atoms with Crippen molar-refractivity contribution in [2.75, 3.05) is 31.0 Å². The number of piperidine rings is 1. The van der Waals surface area contributed by atoms with E-state index >= 15 is 0 Å². The largest absolute Gasteiger partial charge is 0.451 e. The average Bonchev–Trinajstić information content (AvgIpc) is 3.00. The van der Waals surface area contributed by atoms with Gasteiger partial charge < -0.3 is 19.7 Å². The Morgan fingerprint density at radius 2 is 1.66 bits per heavy atom. The number of hydrogen-bond acceptors (Lipinski definition) is 8. The fraction of sp³-hybridized carbons (Fsp3) is 0.303. The fourth-order valence-electron chi connectivity index (χ4n) is 5.68. The Hall–Kier alpha value is -4.32. The van der Waals surface area contributed by atoms with Crippen LogP contribution in [0.2, 0.25) is 0 Å². The average molecular weight is 614 g/mol. The van der Waals surface area contributed by atoms with Crippen LogP contribution in [0, 0.1) is 13.8 Å². The summed E-state index contributed by atoms with van der Waals surface area (Å²) in [6.45, 7) is 7.14. The number of anilines is 1. The smallest absolute Gasteiger partial charge is 0.264 e. The van der Waals surface area contributed by atoms with Gasteiger partial charge in [-0.3, -0.25) is 4.79 Å². The van der Waals surface area contributed by atoms with Crippen LogP contribution in [0.15, 0.2) is 83.8 Å². The zero-order chi connectivity index (χ0) is 30.7. The number of likely N-dealkylation sites (tertiary alicyclic amines) is 1. The standard InChI is InChI=1S/C33H35N5O5S/c1-23-8-6-9-24(2)30(23)28-21-29-35-32(34-28)37-44(40,41)27-13-7-12-26(20-27)31(39)36-33(43-29)14-16-38(17-15-33)18-19-42-22-25-10-4-3-5-11-25/h3-13,20-21H,14-19,22H2,1-2H3,(H,36,39)(H,34,35,37). The zero-order valence-corrected chi connectivity index (χ0v) is 25.6. The van der Waals surface area contributed by atoms with Crippen LogP contribution in [0.3, 0.4) is 0 Å². The van der Waals surface area contributed by atoms with Gasteiger partial charge >= 0.3 is 0 Å². The van der Waals surface area contributed by atoms with Crippen molar-refractivity contribution < 1.29 is 22.7 Å². The molecule has 4 bridgehead atoms. The summed E-state index contributed by atoms with van der Waals surface area (Å²) in [5, 5.41) is 3.09. The summed E-state index contributed by atoms with van der Waals surface area (Å²) in [7, 11) is -4.09. The Morgan fingerprint density at radius 1 is 0.932 bits per heavy atom. The second-order valence-corrected chi connectivity index (χ2v) is 12.9. The van der Waals surface area contributed by atoms with Gasteiger partial charge in [0, 0.05) is 49.7 Å². The first-order valence-corrected chi connectivity index (χ1v) is 16.1. The summed E-state index contributed by atoms with van der Waals surface area (Å²) < 4.78 is 41.6. The number of carbonyl (C=O) groups is 1. The predicted octanol–water partition coefficient (Wildman–Crippen LogP) is 4.69. The molecule has 3 heterocycles. The molecule has 0 saturated carbocycles.